The van der Waals surface area contributed by atoms with Crippen molar-refractivity contribution >= 4 is 40.7 Å². The summed E-state index contributed by atoms with van der Waals surface area (Å²) in [6.45, 7) is -0.224. The van der Waals surface area contributed by atoms with Gasteiger partial charge < -0.3 is 10.1 Å². The smallest absolute Gasteiger partial charge is 0.276 e. The van der Waals surface area contributed by atoms with Gasteiger partial charge in [-0.2, -0.15) is 0 Å². The average Bonchev–Trinajstić information content (AvgIpc) is 2.78. The average molecular weight is 454 g/mol. The van der Waals surface area contributed by atoms with Crippen LogP contribution in [-0.2, 0) is 16.0 Å². The molecule has 3 aromatic rings. The van der Waals surface area contributed by atoms with Crippen LogP contribution >= 0.6 is 23.8 Å². The highest BCUT2D eigenvalue weighted by Gasteiger charge is 2.10. The van der Waals surface area contributed by atoms with Gasteiger partial charge in [0.15, 0.2) is 11.7 Å². The van der Waals surface area contributed by atoms with Crippen LogP contribution in [0.15, 0.2) is 78.9 Å². The minimum Gasteiger partial charge on any atom is -0.483 e. The van der Waals surface area contributed by atoms with E-state index in [4.69, 9.17) is 28.6 Å². The molecule has 2 amide bonds. The summed E-state index contributed by atoms with van der Waals surface area (Å²) in [5, 5.41) is 3.07. The molecule has 3 aromatic carbocycles. The third kappa shape index (κ3) is 7.09. The van der Waals surface area contributed by atoms with Crippen molar-refractivity contribution in [2.45, 2.75) is 6.42 Å². The molecule has 0 fully saturated rings. The van der Waals surface area contributed by atoms with E-state index in [1.807, 2.05) is 48.5 Å². The van der Waals surface area contributed by atoms with Gasteiger partial charge in [0.1, 0.15) is 5.75 Å². The van der Waals surface area contributed by atoms with Gasteiger partial charge in [-0.15, -0.1) is 0 Å². The molecule has 0 aromatic heterocycles. The first-order valence-electron chi connectivity index (χ1n) is 9.41. The second kappa shape index (κ2) is 11.1. The standard InChI is InChI=1S/C23H20ClN3O3S/c24-18-12-10-16(11-13-18)14-21(28)25-23(31)27-26-22(29)15-30-20-9-5-4-8-19(20)17-6-2-1-3-7-17/h1-13H,14-15H2,(H,26,29)(H2,25,27,28,31). The molecule has 0 radical (unpaired) electrons. The number of ether oxygens (including phenoxy) is 1. The Morgan fingerprint density at radius 1 is 0.839 bits per heavy atom. The summed E-state index contributed by atoms with van der Waals surface area (Å²) in [5.74, 6) is -0.179. The largest absolute Gasteiger partial charge is 0.483 e. The van der Waals surface area contributed by atoms with E-state index in [0.717, 1.165) is 16.7 Å². The second-order valence-corrected chi connectivity index (χ2v) is 7.35. The maximum absolute atomic E-state index is 12.1. The molecule has 0 aliphatic carbocycles. The summed E-state index contributed by atoms with van der Waals surface area (Å²) in [4.78, 5) is 24.1. The molecule has 0 saturated carbocycles. The third-order valence-electron chi connectivity index (χ3n) is 4.18. The highest BCUT2D eigenvalue weighted by atomic mass is 35.5. The van der Waals surface area contributed by atoms with Crippen molar-refractivity contribution < 1.29 is 14.3 Å². The van der Waals surface area contributed by atoms with Crippen molar-refractivity contribution in [2.24, 2.45) is 0 Å². The van der Waals surface area contributed by atoms with E-state index in [0.29, 0.717) is 10.8 Å². The van der Waals surface area contributed by atoms with E-state index in [1.165, 1.54) is 0 Å². The van der Waals surface area contributed by atoms with Crippen LogP contribution in [0.5, 0.6) is 5.75 Å². The SMILES string of the molecule is O=C(COc1ccccc1-c1ccccc1)NNC(=S)NC(=O)Cc1ccc(Cl)cc1. The van der Waals surface area contributed by atoms with Gasteiger partial charge in [-0.05, 0) is 41.5 Å². The number of rotatable bonds is 6. The Balaban J connectivity index is 1.44. The van der Waals surface area contributed by atoms with Gasteiger partial charge in [0, 0.05) is 10.6 Å². The van der Waals surface area contributed by atoms with E-state index < -0.39 is 5.91 Å². The van der Waals surface area contributed by atoms with E-state index in [9.17, 15) is 9.59 Å². The second-order valence-electron chi connectivity index (χ2n) is 6.50. The molecule has 3 rings (SSSR count). The molecule has 0 heterocycles. The molecular formula is C23H20ClN3O3S. The van der Waals surface area contributed by atoms with Gasteiger partial charge in [0.25, 0.3) is 5.91 Å². The predicted molar refractivity (Wildman–Crippen MR) is 125 cm³/mol. The molecule has 0 saturated heterocycles. The summed E-state index contributed by atoms with van der Waals surface area (Å²) in [6, 6.07) is 24.1. The number of amides is 2. The Bertz CT molecular complexity index is 1060. The van der Waals surface area contributed by atoms with E-state index in [2.05, 4.69) is 16.2 Å². The summed E-state index contributed by atoms with van der Waals surface area (Å²) < 4.78 is 5.66. The lowest BCUT2D eigenvalue weighted by Crippen LogP contribution is -2.49. The molecule has 0 aliphatic rings. The van der Waals surface area contributed by atoms with E-state index in [1.54, 1.807) is 30.3 Å². The minimum absolute atomic E-state index is 0.0167. The van der Waals surface area contributed by atoms with Crippen molar-refractivity contribution in [3.63, 3.8) is 0 Å². The zero-order chi connectivity index (χ0) is 22.1. The number of para-hydroxylation sites is 1. The fourth-order valence-corrected chi connectivity index (χ4v) is 3.04. The number of hydrogen-bond donors (Lipinski definition) is 3. The summed E-state index contributed by atoms with van der Waals surface area (Å²) in [6.07, 6.45) is 0.131. The molecule has 0 spiro atoms. The van der Waals surface area contributed by atoms with Crippen LogP contribution in [0, 0.1) is 0 Å². The monoisotopic (exact) mass is 453 g/mol. The van der Waals surface area contributed by atoms with Crippen molar-refractivity contribution in [3.8, 4) is 16.9 Å². The lowest BCUT2D eigenvalue weighted by Gasteiger charge is -2.13. The molecule has 3 N–H and O–H groups in total. The lowest BCUT2D eigenvalue weighted by molar-refractivity contribution is -0.124. The van der Waals surface area contributed by atoms with Crippen LogP contribution in [0.1, 0.15) is 5.56 Å². The Morgan fingerprint density at radius 3 is 2.26 bits per heavy atom. The number of hydrazine groups is 1. The predicted octanol–water partition coefficient (Wildman–Crippen LogP) is 3.65. The Labute approximate surface area is 190 Å². The number of hydrogen-bond acceptors (Lipinski definition) is 4. The van der Waals surface area contributed by atoms with Crippen LogP contribution in [0.2, 0.25) is 5.02 Å². The molecule has 8 heteroatoms. The van der Waals surface area contributed by atoms with Gasteiger partial charge in [0.05, 0.1) is 6.42 Å². The fourth-order valence-electron chi connectivity index (χ4n) is 2.74. The van der Waals surface area contributed by atoms with Crippen LogP contribution in [0.4, 0.5) is 0 Å². The fraction of sp³-hybridized carbons (Fsp3) is 0.0870. The first-order chi connectivity index (χ1) is 15.0. The summed E-state index contributed by atoms with van der Waals surface area (Å²) in [5.41, 5.74) is 7.55. The van der Waals surface area contributed by atoms with Crippen molar-refractivity contribution in [3.05, 3.63) is 89.4 Å². The maximum atomic E-state index is 12.1. The van der Waals surface area contributed by atoms with Crippen molar-refractivity contribution in [2.75, 3.05) is 6.61 Å². The Kier molecular flexibility index (Phi) is 7.98. The first-order valence-corrected chi connectivity index (χ1v) is 10.2. The number of benzene rings is 3. The van der Waals surface area contributed by atoms with Gasteiger partial charge in [-0.3, -0.25) is 20.4 Å². The number of carbonyl (C=O) groups is 2. The van der Waals surface area contributed by atoms with Crippen molar-refractivity contribution in [1.29, 1.82) is 0 Å². The highest BCUT2D eigenvalue weighted by Crippen LogP contribution is 2.29. The van der Waals surface area contributed by atoms with Crippen molar-refractivity contribution in [1.82, 2.24) is 16.2 Å². The summed E-state index contributed by atoms with van der Waals surface area (Å²) >= 11 is 10.9. The summed E-state index contributed by atoms with van der Waals surface area (Å²) in [7, 11) is 0. The Morgan fingerprint density at radius 2 is 1.52 bits per heavy atom. The lowest BCUT2D eigenvalue weighted by atomic mass is 10.1. The van der Waals surface area contributed by atoms with Crippen LogP contribution in [0.3, 0.4) is 0 Å². The topological polar surface area (TPSA) is 79.5 Å². The maximum Gasteiger partial charge on any atom is 0.276 e. The first kappa shape index (κ1) is 22.3. The van der Waals surface area contributed by atoms with E-state index >= 15 is 0 Å². The molecule has 0 bridgehead atoms. The highest BCUT2D eigenvalue weighted by molar-refractivity contribution is 7.80. The van der Waals surface area contributed by atoms with Crippen LogP contribution < -0.4 is 20.9 Å². The molecular weight excluding hydrogens is 434 g/mol. The van der Waals surface area contributed by atoms with Gasteiger partial charge >= 0.3 is 0 Å². The quantitative estimate of drug-likeness (QED) is 0.392. The van der Waals surface area contributed by atoms with E-state index in [-0.39, 0.29) is 24.0 Å². The molecule has 158 valence electrons. The normalized spacial score (nSPS) is 10.1. The molecule has 6 nitrogen and oxygen atoms in total. The van der Waals surface area contributed by atoms with Crippen LogP contribution in [0.25, 0.3) is 11.1 Å². The molecule has 31 heavy (non-hydrogen) atoms. The Hall–Kier alpha value is -3.42. The number of halogens is 1. The minimum atomic E-state index is -0.447. The molecule has 0 aliphatic heterocycles. The zero-order valence-electron chi connectivity index (χ0n) is 16.4. The number of carbonyl (C=O) groups excluding carboxylic acids is 2. The number of nitrogens with one attached hydrogen (secondary N) is 3. The van der Waals surface area contributed by atoms with Crippen LogP contribution in [-0.4, -0.2) is 23.5 Å². The molecule has 0 atom stereocenters. The zero-order valence-corrected chi connectivity index (χ0v) is 18.0. The number of thiocarbonyl (C=S) groups is 1. The third-order valence-corrected chi connectivity index (χ3v) is 4.63. The van der Waals surface area contributed by atoms with Gasteiger partial charge in [-0.1, -0.05) is 72.3 Å². The van der Waals surface area contributed by atoms with Gasteiger partial charge in [-0.25, -0.2) is 0 Å². The van der Waals surface area contributed by atoms with Gasteiger partial charge in [0.2, 0.25) is 5.91 Å². The molecule has 0 unspecified atom stereocenters.